The zero-order chi connectivity index (χ0) is 16.3. The highest BCUT2D eigenvalue weighted by Gasteiger charge is 2.22. The van der Waals surface area contributed by atoms with E-state index in [4.69, 9.17) is 0 Å². The van der Waals surface area contributed by atoms with E-state index in [-0.39, 0.29) is 11.4 Å². The van der Waals surface area contributed by atoms with Crippen LogP contribution < -0.4 is 5.32 Å². The van der Waals surface area contributed by atoms with Gasteiger partial charge in [0.25, 0.3) is 5.91 Å². The van der Waals surface area contributed by atoms with Crippen LogP contribution in [0.3, 0.4) is 0 Å². The number of aryl methyl sites for hydroxylation is 2. The second kappa shape index (κ2) is 6.53. The molecule has 1 N–H and O–H groups in total. The number of carbonyl (C=O) groups is 1. The van der Waals surface area contributed by atoms with Gasteiger partial charge in [-0.15, -0.1) is 0 Å². The van der Waals surface area contributed by atoms with Gasteiger partial charge < -0.3 is 5.32 Å². The molecule has 1 aliphatic rings. The fourth-order valence-electron chi connectivity index (χ4n) is 3.24. The van der Waals surface area contributed by atoms with E-state index >= 15 is 0 Å². The number of pyridine rings is 1. The monoisotopic (exact) mass is 308 g/mol. The van der Waals surface area contributed by atoms with Crippen LogP contribution in [0.1, 0.15) is 53.9 Å². The molecule has 0 unspecified atom stereocenters. The van der Waals surface area contributed by atoms with Gasteiger partial charge in [0.1, 0.15) is 0 Å². The predicted octanol–water partition coefficient (Wildman–Crippen LogP) is 3.71. The number of hydrogen-bond donors (Lipinski definition) is 1. The first-order chi connectivity index (χ1) is 11.0. The normalized spacial score (nSPS) is 14.2. The van der Waals surface area contributed by atoms with Crippen molar-refractivity contribution in [3.8, 4) is 0 Å². The Bertz CT molecular complexity index is 692. The lowest BCUT2D eigenvalue weighted by atomic mass is 9.93. The van der Waals surface area contributed by atoms with Crippen molar-refractivity contribution >= 4 is 5.91 Å². The summed E-state index contributed by atoms with van der Waals surface area (Å²) in [7, 11) is 0. The molecule has 2 aromatic rings. The molecule has 0 atom stereocenters. The topological polar surface area (TPSA) is 42.0 Å². The van der Waals surface area contributed by atoms with Gasteiger partial charge in [-0.25, -0.2) is 0 Å². The van der Waals surface area contributed by atoms with Crippen molar-refractivity contribution in [2.24, 2.45) is 0 Å². The van der Waals surface area contributed by atoms with E-state index in [9.17, 15) is 4.79 Å². The smallest absolute Gasteiger partial charge is 0.253 e. The molecule has 1 aliphatic carbocycles. The molecule has 1 heterocycles. The van der Waals surface area contributed by atoms with Crippen LogP contribution in [0.2, 0.25) is 0 Å². The van der Waals surface area contributed by atoms with Crippen LogP contribution in [0.15, 0.2) is 42.6 Å². The predicted molar refractivity (Wildman–Crippen MR) is 92.6 cm³/mol. The highest BCUT2D eigenvalue weighted by Crippen LogP contribution is 2.20. The van der Waals surface area contributed by atoms with Crippen LogP contribution in [0.25, 0.3) is 0 Å². The molecule has 3 heteroatoms. The molecule has 23 heavy (non-hydrogen) atoms. The van der Waals surface area contributed by atoms with Gasteiger partial charge in [0.15, 0.2) is 0 Å². The third-order valence-corrected chi connectivity index (χ3v) is 4.37. The summed E-state index contributed by atoms with van der Waals surface area (Å²) in [5.41, 5.74) is 4.00. The van der Waals surface area contributed by atoms with Crippen LogP contribution in [0, 0.1) is 0 Å². The fraction of sp³-hybridized carbons (Fsp3) is 0.400. The second-order valence-electron chi connectivity index (χ2n) is 7.04. The van der Waals surface area contributed by atoms with Crippen LogP contribution >= 0.6 is 0 Å². The zero-order valence-corrected chi connectivity index (χ0v) is 13.9. The first-order valence-electron chi connectivity index (χ1n) is 8.38. The Morgan fingerprint density at radius 2 is 1.91 bits per heavy atom. The lowest BCUT2D eigenvalue weighted by molar-refractivity contribution is 0.0912. The molecule has 0 bridgehead atoms. The lowest BCUT2D eigenvalue weighted by Gasteiger charge is -2.27. The second-order valence-corrected chi connectivity index (χ2v) is 7.04. The van der Waals surface area contributed by atoms with Gasteiger partial charge in [0, 0.05) is 17.4 Å². The van der Waals surface area contributed by atoms with Crippen molar-refractivity contribution in [2.75, 3.05) is 0 Å². The molecule has 0 fully saturated rings. The molecule has 120 valence electrons. The maximum absolute atomic E-state index is 12.6. The molecule has 1 aromatic heterocycles. The molecular formula is C20H24N2O. The highest BCUT2D eigenvalue weighted by atomic mass is 16.1. The van der Waals surface area contributed by atoms with Gasteiger partial charge in [-0.05, 0) is 63.1 Å². The molecule has 0 aliphatic heterocycles. The largest absolute Gasteiger partial charge is 0.347 e. The van der Waals surface area contributed by atoms with Gasteiger partial charge in [0.05, 0.1) is 5.56 Å². The number of fused-ring (bicyclic) bond motifs is 1. The summed E-state index contributed by atoms with van der Waals surface area (Å²) >= 11 is 0. The van der Waals surface area contributed by atoms with Crippen LogP contribution in [-0.4, -0.2) is 16.4 Å². The maximum Gasteiger partial charge on any atom is 0.253 e. The average molecular weight is 308 g/mol. The quantitative estimate of drug-likeness (QED) is 0.935. The molecule has 0 saturated heterocycles. The number of nitrogens with one attached hydrogen (secondary N) is 1. The van der Waals surface area contributed by atoms with Crippen LogP contribution in [-0.2, 0) is 19.3 Å². The molecule has 3 nitrogen and oxygen atoms in total. The molecule has 0 spiro atoms. The average Bonchev–Trinajstić information content (AvgIpc) is 2.54. The summed E-state index contributed by atoms with van der Waals surface area (Å²) in [4.78, 5) is 17.1. The van der Waals surface area contributed by atoms with Crippen LogP contribution in [0.5, 0.6) is 0 Å². The minimum absolute atomic E-state index is 0.0354. The number of rotatable bonds is 4. The summed E-state index contributed by atoms with van der Waals surface area (Å²) in [5, 5.41) is 3.15. The molecule has 0 saturated carbocycles. The van der Waals surface area contributed by atoms with Crippen molar-refractivity contribution in [1.82, 2.24) is 10.3 Å². The molecule has 0 radical (unpaired) electrons. The summed E-state index contributed by atoms with van der Waals surface area (Å²) in [6.07, 6.45) is 7.00. The Labute approximate surface area is 138 Å². The lowest BCUT2D eigenvalue weighted by Crippen LogP contribution is -2.45. The van der Waals surface area contributed by atoms with Crippen molar-refractivity contribution in [3.63, 3.8) is 0 Å². The maximum atomic E-state index is 12.6. The van der Waals surface area contributed by atoms with E-state index < -0.39 is 0 Å². The number of amides is 1. The molecule has 1 amide bonds. The highest BCUT2D eigenvalue weighted by molar-refractivity contribution is 5.94. The van der Waals surface area contributed by atoms with Crippen molar-refractivity contribution < 1.29 is 4.79 Å². The standard InChI is InChI=1S/C20H24N2O/c1-20(2,13-15-8-4-3-5-9-15)22-19(23)17-12-16-10-6-7-11-18(16)21-14-17/h3-5,8-9,12,14H,6-7,10-11,13H2,1-2H3,(H,22,23). The van der Waals surface area contributed by atoms with E-state index in [2.05, 4.69) is 36.3 Å². The van der Waals surface area contributed by atoms with Crippen molar-refractivity contribution in [3.05, 3.63) is 65.0 Å². The van der Waals surface area contributed by atoms with Crippen molar-refractivity contribution in [1.29, 1.82) is 0 Å². The minimum Gasteiger partial charge on any atom is -0.347 e. The van der Waals surface area contributed by atoms with Crippen LogP contribution in [0.4, 0.5) is 0 Å². The third-order valence-electron chi connectivity index (χ3n) is 4.37. The van der Waals surface area contributed by atoms with Gasteiger partial charge in [-0.1, -0.05) is 30.3 Å². The number of carbonyl (C=O) groups excluding carboxylic acids is 1. The Morgan fingerprint density at radius 3 is 2.70 bits per heavy atom. The van der Waals surface area contributed by atoms with E-state index in [1.807, 2.05) is 24.3 Å². The Hall–Kier alpha value is -2.16. The van der Waals surface area contributed by atoms with Crippen molar-refractivity contribution in [2.45, 2.75) is 51.5 Å². The number of aromatic nitrogens is 1. The van der Waals surface area contributed by atoms with E-state index in [0.717, 1.165) is 25.0 Å². The number of nitrogens with zero attached hydrogens (tertiary/aromatic N) is 1. The first kappa shape index (κ1) is 15.7. The van der Waals surface area contributed by atoms with Gasteiger partial charge in [-0.2, -0.15) is 0 Å². The summed E-state index contributed by atoms with van der Waals surface area (Å²) < 4.78 is 0. The van der Waals surface area contributed by atoms with Gasteiger partial charge >= 0.3 is 0 Å². The summed E-state index contributed by atoms with van der Waals surface area (Å²) in [6.45, 7) is 4.12. The Morgan fingerprint density at radius 1 is 1.17 bits per heavy atom. The molecular weight excluding hydrogens is 284 g/mol. The number of benzene rings is 1. The van der Waals surface area contributed by atoms with E-state index in [0.29, 0.717) is 5.56 Å². The molecule has 3 rings (SSSR count). The zero-order valence-electron chi connectivity index (χ0n) is 13.9. The minimum atomic E-state index is -0.297. The first-order valence-corrected chi connectivity index (χ1v) is 8.38. The summed E-state index contributed by atoms with van der Waals surface area (Å²) in [5.74, 6) is -0.0354. The van der Waals surface area contributed by atoms with Gasteiger partial charge in [-0.3, -0.25) is 9.78 Å². The Balaban J connectivity index is 1.70. The Kier molecular flexibility index (Phi) is 4.46. The van der Waals surface area contributed by atoms with Gasteiger partial charge in [0.2, 0.25) is 0 Å². The third kappa shape index (κ3) is 3.98. The number of hydrogen-bond acceptors (Lipinski definition) is 2. The summed E-state index contributed by atoms with van der Waals surface area (Å²) in [6, 6.07) is 12.3. The molecule has 1 aromatic carbocycles. The van der Waals surface area contributed by atoms with E-state index in [1.165, 1.54) is 24.0 Å². The van der Waals surface area contributed by atoms with E-state index in [1.54, 1.807) is 6.20 Å². The SMILES string of the molecule is CC(C)(Cc1ccccc1)NC(=O)c1cnc2c(c1)CCCC2. The fourth-order valence-corrected chi connectivity index (χ4v) is 3.24.